The van der Waals surface area contributed by atoms with Gasteiger partial charge in [-0.25, -0.2) is 9.97 Å². The first-order valence-corrected chi connectivity index (χ1v) is 6.03. The van der Waals surface area contributed by atoms with Gasteiger partial charge in [0, 0.05) is 40.4 Å². The molecule has 0 aliphatic rings. The molecule has 1 rings (SSSR count). The molecule has 0 bridgehead atoms. The van der Waals surface area contributed by atoms with Crippen LogP contribution in [0.25, 0.3) is 0 Å². The fourth-order valence-corrected chi connectivity index (χ4v) is 1.60. The lowest BCUT2D eigenvalue weighted by Gasteiger charge is -2.22. The molecule has 0 aliphatic heterocycles. The summed E-state index contributed by atoms with van der Waals surface area (Å²) in [5.41, 5.74) is 0. The summed E-state index contributed by atoms with van der Waals surface area (Å²) in [6, 6.07) is 1.93. The van der Waals surface area contributed by atoms with E-state index < -0.39 is 0 Å². The number of hydrogen-bond acceptors (Lipinski definition) is 6. The lowest BCUT2D eigenvalue weighted by Crippen LogP contribution is -2.28. The summed E-state index contributed by atoms with van der Waals surface area (Å²) in [5, 5.41) is 3.04. The lowest BCUT2D eigenvalue weighted by molar-refractivity contribution is 0.178. The van der Waals surface area contributed by atoms with Gasteiger partial charge in [0.25, 0.3) is 0 Å². The Hall–Kier alpha value is -1.40. The molecule has 0 atom stereocenters. The van der Waals surface area contributed by atoms with Gasteiger partial charge in [0.05, 0.1) is 6.61 Å². The Morgan fingerprint density at radius 3 is 2.61 bits per heavy atom. The Kier molecular flexibility index (Phi) is 6.38. The number of nitrogens with one attached hydrogen (secondary N) is 1. The maximum absolute atomic E-state index is 5.10. The summed E-state index contributed by atoms with van der Waals surface area (Å²) >= 11 is 0. The molecule has 6 nitrogen and oxygen atoms in total. The Morgan fingerprint density at radius 2 is 2.06 bits per heavy atom. The average molecular weight is 254 g/mol. The van der Waals surface area contributed by atoms with E-state index in [-0.39, 0.29) is 0 Å². The van der Waals surface area contributed by atoms with Crippen LogP contribution < -0.4 is 10.2 Å². The highest BCUT2D eigenvalue weighted by Gasteiger charge is 2.09. The highest BCUT2D eigenvalue weighted by atomic mass is 16.5. The molecule has 0 fully saturated rings. The first-order chi connectivity index (χ1) is 8.74. The van der Waals surface area contributed by atoms with Crippen LogP contribution in [0.15, 0.2) is 6.07 Å². The second-order valence-corrected chi connectivity index (χ2v) is 3.78. The van der Waals surface area contributed by atoms with Crippen molar-refractivity contribution >= 4 is 11.6 Å². The molecule has 0 aromatic carbocycles. The van der Waals surface area contributed by atoms with Crippen LogP contribution in [0.4, 0.5) is 11.6 Å². The number of hydrogen-bond donors (Lipinski definition) is 1. The zero-order valence-electron chi connectivity index (χ0n) is 11.6. The predicted octanol–water partition coefficient (Wildman–Crippen LogP) is 1.14. The van der Waals surface area contributed by atoms with Gasteiger partial charge in [0.2, 0.25) is 0 Å². The second-order valence-electron chi connectivity index (χ2n) is 3.78. The molecule has 0 unspecified atom stereocenters. The van der Waals surface area contributed by atoms with Crippen molar-refractivity contribution in [2.45, 2.75) is 13.5 Å². The van der Waals surface area contributed by atoms with Gasteiger partial charge in [0.15, 0.2) is 5.82 Å². The van der Waals surface area contributed by atoms with Crippen LogP contribution in [0.3, 0.4) is 0 Å². The van der Waals surface area contributed by atoms with Gasteiger partial charge >= 0.3 is 0 Å². The Bertz CT molecular complexity index is 360. The Balaban J connectivity index is 2.93. The zero-order valence-corrected chi connectivity index (χ0v) is 11.6. The molecule has 0 radical (unpaired) electrons. The van der Waals surface area contributed by atoms with Gasteiger partial charge in [-0.05, 0) is 6.92 Å². The number of rotatable bonds is 8. The van der Waals surface area contributed by atoms with Gasteiger partial charge in [-0.15, -0.1) is 0 Å². The summed E-state index contributed by atoms with van der Waals surface area (Å²) in [4.78, 5) is 11.0. The molecule has 1 heterocycles. The summed E-state index contributed by atoms with van der Waals surface area (Å²) in [6.07, 6.45) is 0. The topological polar surface area (TPSA) is 59.5 Å². The third kappa shape index (κ3) is 4.12. The van der Waals surface area contributed by atoms with Gasteiger partial charge < -0.3 is 19.7 Å². The van der Waals surface area contributed by atoms with Crippen LogP contribution in [0, 0.1) is 0 Å². The summed E-state index contributed by atoms with van der Waals surface area (Å²) < 4.78 is 10.2. The molecule has 1 aromatic rings. The number of methoxy groups -OCH3 is 2. The largest absolute Gasteiger partial charge is 0.383 e. The fourth-order valence-electron chi connectivity index (χ4n) is 1.60. The standard InChI is InChI=1S/C12H22N4O2/c1-5-16(6-7-17-3)12-8-10(13-2)14-11(15-12)9-18-4/h8H,5-7,9H2,1-4H3,(H,13,14,15). The van der Waals surface area contributed by atoms with E-state index in [0.717, 1.165) is 24.7 Å². The van der Waals surface area contributed by atoms with Gasteiger partial charge in [0.1, 0.15) is 18.2 Å². The molecule has 0 spiro atoms. The van der Waals surface area contributed by atoms with Gasteiger partial charge in [-0.1, -0.05) is 0 Å². The number of likely N-dealkylation sites (N-methyl/N-ethyl adjacent to an activating group) is 1. The maximum Gasteiger partial charge on any atom is 0.158 e. The summed E-state index contributed by atoms with van der Waals surface area (Å²) in [7, 11) is 5.18. The van der Waals surface area contributed by atoms with Gasteiger partial charge in [-0.3, -0.25) is 0 Å². The Labute approximate surface area is 108 Å². The van der Waals surface area contributed by atoms with Crippen molar-refractivity contribution in [2.24, 2.45) is 0 Å². The van der Waals surface area contributed by atoms with E-state index >= 15 is 0 Å². The van der Waals surface area contributed by atoms with E-state index in [1.54, 1.807) is 14.2 Å². The van der Waals surface area contributed by atoms with E-state index in [4.69, 9.17) is 9.47 Å². The van der Waals surface area contributed by atoms with Crippen molar-refractivity contribution in [3.63, 3.8) is 0 Å². The van der Waals surface area contributed by atoms with Crippen molar-refractivity contribution in [3.8, 4) is 0 Å². The molecule has 6 heteroatoms. The maximum atomic E-state index is 5.10. The molecular weight excluding hydrogens is 232 g/mol. The van der Waals surface area contributed by atoms with Gasteiger partial charge in [-0.2, -0.15) is 0 Å². The molecule has 0 aliphatic carbocycles. The molecule has 1 N–H and O–H groups in total. The zero-order chi connectivity index (χ0) is 13.4. The number of nitrogens with zero attached hydrogens (tertiary/aromatic N) is 3. The Morgan fingerprint density at radius 1 is 1.28 bits per heavy atom. The van der Waals surface area contributed by atoms with Crippen molar-refractivity contribution in [3.05, 3.63) is 11.9 Å². The highest BCUT2D eigenvalue weighted by molar-refractivity contribution is 5.49. The minimum Gasteiger partial charge on any atom is -0.383 e. The van der Waals surface area contributed by atoms with E-state index in [1.165, 1.54) is 0 Å². The first-order valence-electron chi connectivity index (χ1n) is 6.03. The molecule has 102 valence electrons. The minimum absolute atomic E-state index is 0.407. The second kappa shape index (κ2) is 7.84. The first kappa shape index (κ1) is 14.7. The molecular formula is C12H22N4O2. The average Bonchev–Trinajstić information content (AvgIpc) is 2.39. The molecule has 0 saturated heterocycles. The number of aromatic nitrogens is 2. The normalized spacial score (nSPS) is 10.4. The van der Waals surface area contributed by atoms with Crippen molar-refractivity contribution in [2.75, 3.05) is 51.2 Å². The molecule has 0 saturated carbocycles. The number of ether oxygens (including phenoxy) is 2. The number of anilines is 2. The van der Waals surface area contributed by atoms with Crippen LogP contribution in [-0.2, 0) is 16.1 Å². The van der Waals surface area contributed by atoms with E-state index in [9.17, 15) is 0 Å². The molecule has 0 amide bonds. The molecule has 18 heavy (non-hydrogen) atoms. The predicted molar refractivity (Wildman–Crippen MR) is 72.1 cm³/mol. The van der Waals surface area contributed by atoms with E-state index in [2.05, 4.69) is 27.1 Å². The minimum atomic E-state index is 0.407. The van der Waals surface area contributed by atoms with E-state index in [1.807, 2.05) is 13.1 Å². The monoisotopic (exact) mass is 254 g/mol. The van der Waals surface area contributed by atoms with Crippen molar-refractivity contribution < 1.29 is 9.47 Å². The fraction of sp³-hybridized carbons (Fsp3) is 0.667. The van der Waals surface area contributed by atoms with Crippen molar-refractivity contribution in [1.29, 1.82) is 0 Å². The quantitative estimate of drug-likeness (QED) is 0.750. The summed E-state index contributed by atoms with van der Waals surface area (Å²) in [6.45, 7) is 4.85. The lowest BCUT2D eigenvalue weighted by atomic mass is 10.4. The van der Waals surface area contributed by atoms with Crippen LogP contribution in [0.1, 0.15) is 12.7 Å². The van der Waals surface area contributed by atoms with Crippen LogP contribution in [0.5, 0.6) is 0 Å². The van der Waals surface area contributed by atoms with Crippen LogP contribution in [-0.4, -0.2) is 50.9 Å². The third-order valence-corrected chi connectivity index (χ3v) is 2.56. The van der Waals surface area contributed by atoms with Crippen LogP contribution in [0.2, 0.25) is 0 Å². The van der Waals surface area contributed by atoms with Crippen LogP contribution >= 0.6 is 0 Å². The third-order valence-electron chi connectivity index (χ3n) is 2.56. The van der Waals surface area contributed by atoms with Crippen molar-refractivity contribution in [1.82, 2.24) is 9.97 Å². The molecule has 1 aromatic heterocycles. The SMILES string of the molecule is CCN(CCOC)c1cc(NC)nc(COC)n1. The highest BCUT2D eigenvalue weighted by Crippen LogP contribution is 2.15. The summed E-state index contributed by atoms with van der Waals surface area (Å²) in [5.74, 6) is 2.36. The van der Waals surface area contributed by atoms with E-state index in [0.29, 0.717) is 19.0 Å². The smallest absolute Gasteiger partial charge is 0.158 e.